The molecular formula is C26H37N3O6S. The van der Waals surface area contributed by atoms with E-state index in [0.29, 0.717) is 12.2 Å². The zero-order chi connectivity index (χ0) is 26.9. The number of nitrogens with zero attached hydrogens (tertiary/aromatic N) is 2. The highest BCUT2D eigenvalue weighted by Crippen LogP contribution is 2.33. The van der Waals surface area contributed by atoms with E-state index in [2.05, 4.69) is 5.32 Å². The van der Waals surface area contributed by atoms with Crippen molar-refractivity contribution in [2.75, 3.05) is 31.3 Å². The molecule has 2 amide bonds. The Kier molecular flexibility index (Phi) is 10.6. The van der Waals surface area contributed by atoms with Crippen molar-refractivity contribution in [3.05, 3.63) is 54.1 Å². The molecule has 0 heterocycles. The summed E-state index contributed by atoms with van der Waals surface area (Å²) < 4.78 is 37.2. The van der Waals surface area contributed by atoms with Gasteiger partial charge in [0.05, 0.1) is 26.2 Å². The first kappa shape index (κ1) is 29.0. The third-order valence-corrected chi connectivity index (χ3v) is 7.04. The van der Waals surface area contributed by atoms with Crippen molar-refractivity contribution in [1.29, 1.82) is 0 Å². The van der Waals surface area contributed by atoms with E-state index < -0.39 is 28.5 Å². The molecule has 0 radical (unpaired) electrons. The van der Waals surface area contributed by atoms with E-state index in [0.717, 1.165) is 22.5 Å². The maximum absolute atomic E-state index is 13.7. The predicted molar refractivity (Wildman–Crippen MR) is 141 cm³/mol. The maximum Gasteiger partial charge on any atom is 0.244 e. The number of carbonyl (C=O) groups excluding carboxylic acids is 2. The Bertz CT molecular complexity index is 1120. The molecule has 2 rings (SSSR count). The summed E-state index contributed by atoms with van der Waals surface area (Å²) in [6.45, 7) is 5.35. The minimum absolute atomic E-state index is 0.0590. The third-order valence-electron chi connectivity index (χ3n) is 5.92. The topological polar surface area (TPSA) is 105 Å². The van der Waals surface area contributed by atoms with Gasteiger partial charge in [0.15, 0.2) is 0 Å². The number of sulfonamides is 1. The van der Waals surface area contributed by atoms with Gasteiger partial charge in [-0.05, 0) is 37.5 Å². The molecule has 2 aromatic rings. The first-order chi connectivity index (χ1) is 17.0. The molecule has 0 fully saturated rings. The molecule has 0 aliphatic carbocycles. The normalized spacial score (nSPS) is 12.8. The highest BCUT2D eigenvalue weighted by molar-refractivity contribution is 7.92. The molecule has 2 atom stereocenters. The summed E-state index contributed by atoms with van der Waals surface area (Å²) in [7, 11) is -0.982. The number of amides is 2. The predicted octanol–water partition coefficient (Wildman–Crippen LogP) is 3.19. The molecule has 10 heteroatoms. The van der Waals surface area contributed by atoms with Crippen LogP contribution in [0.4, 0.5) is 5.69 Å². The SMILES string of the molecule is CC[C@H](C(=O)N[C@@H](C)CC)N(Cc1ccccc1)C(=O)CN(c1ccc(OC)cc1OC)S(C)(=O)=O. The summed E-state index contributed by atoms with van der Waals surface area (Å²) in [5.41, 5.74) is 1.03. The van der Waals surface area contributed by atoms with Crippen LogP contribution in [0.3, 0.4) is 0 Å². The van der Waals surface area contributed by atoms with Crippen LogP contribution in [0.5, 0.6) is 11.5 Å². The van der Waals surface area contributed by atoms with Crippen LogP contribution in [0.25, 0.3) is 0 Å². The monoisotopic (exact) mass is 519 g/mol. The van der Waals surface area contributed by atoms with Gasteiger partial charge < -0.3 is 19.7 Å². The van der Waals surface area contributed by atoms with Crippen molar-refractivity contribution in [2.45, 2.75) is 52.2 Å². The zero-order valence-electron chi connectivity index (χ0n) is 21.9. The zero-order valence-corrected chi connectivity index (χ0v) is 22.7. The summed E-state index contributed by atoms with van der Waals surface area (Å²) in [6, 6.07) is 13.1. The average Bonchev–Trinajstić information content (AvgIpc) is 2.86. The molecule has 0 aliphatic heterocycles. The van der Waals surface area contributed by atoms with Gasteiger partial charge in [-0.25, -0.2) is 8.42 Å². The fraction of sp³-hybridized carbons (Fsp3) is 0.462. The quantitative estimate of drug-likeness (QED) is 0.436. The molecule has 198 valence electrons. The van der Waals surface area contributed by atoms with Gasteiger partial charge in [0, 0.05) is 18.7 Å². The van der Waals surface area contributed by atoms with E-state index in [4.69, 9.17) is 9.47 Å². The average molecular weight is 520 g/mol. The van der Waals surface area contributed by atoms with Gasteiger partial charge in [-0.15, -0.1) is 0 Å². The van der Waals surface area contributed by atoms with Crippen molar-refractivity contribution < 1.29 is 27.5 Å². The van der Waals surface area contributed by atoms with E-state index in [1.54, 1.807) is 12.1 Å². The van der Waals surface area contributed by atoms with Crippen molar-refractivity contribution in [2.24, 2.45) is 0 Å². The molecule has 1 N–H and O–H groups in total. The molecule has 0 unspecified atom stereocenters. The first-order valence-corrected chi connectivity index (χ1v) is 13.7. The van der Waals surface area contributed by atoms with Gasteiger partial charge in [0.1, 0.15) is 24.1 Å². The number of hydrogen-bond donors (Lipinski definition) is 1. The van der Waals surface area contributed by atoms with Crippen LogP contribution in [0.15, 0.2) is 48.5 Å². The number of anilines is 1. The minimum atomic E-state index is -3.88. The van der Waals surface area contributed by atoms with Gasteiger partial charge in [0.2, 0.25) is 21.8 Å². The Morgan fingerprint density at radius 2 is 1.67 bits per heavy atom. The van der Waals surface area contributed by atoms with Crippen LogP contribution in [0.2, 0.25) is 0 Å². The van der Waals surface area contributed by atoms with Crippen LogP contribution in [-0.4, -0.2) is 64.2 Å². The van der Waals surface area contributed by atoms with Crippen LogP contribution in [0.1, 0.15) is 39.2 Å². The van der Waals surface area contributed by atoms with Crippen molar-refractivity contribution in [1.82, 2.24) is 10.2 Å². The van der Waals surface area contributed by atoms with Crippen molar-refractivity contribution in [3.8, 4) is 11.5 Å². The molecular weight excluding hydrogens is 482 g/mol. The van der Waals surface area contributed by atoms with Crippen LogP contribution < -0.4 is 19.1 Å². The van der Waals surface area contributed by atoms with Crippen LogP contribution >= 0.6 is 0 Å². The van der Waals surface area contributed by atoms with Gasteiger partial charge in [0.25, 0.3) is 0 Å². The fourth-order valence-corrected chi connectivity index (χ4v) is 4.58. The lowest BCUT2D eigenvalue weighted by Gasteiger charge is -2.33. The molecule has 0 aliphatic rings. The third kappa shape index (κ3) is 7.61. The van der Waals surface area contributed by atoms with E-state index in [-0.39, 0.29) is 29.9 Å². The standard InChI is InChI=1S/C26H37N3O6S/c1-7-19(3)27-26(31)22(8-2)28(17-20-12-10-9-11-13-20)25(30)18-29(36(6,32)33)23-15-14-21(34-4)16-24(23)35-5/h9-16,19,22H,7-8,17-18H2,1-6H3,(H,27,31)/t19-,22+/m0/s1. The number of rotatable bonds is 13. The van der Waals surface area contributed by atoms with Gasteiger partial charge in [-0.2, -0.15) is 0 Å². The number of hydrogen-bond acceptors (Lipinski definition) is 6. The van der Waals surface area contributed by atoms with E-state index >= 15 is 0 Å². The summed E-state index contributed by atoms with van der Waals surface area (Å²) in [4.78, 5) is 28.3. The molecule has 0 aromatic heterocycles. The number of carbonyl (C=O) groups is 2. The Balaban J connectivity index is 2.48. The van der Waals surface area contributed by atoms with E-state index in [1.807, 2.05) is 51.1 Å². The second-order valence-electron chi connectivity index (χ2n) is 8.56. The summed E-state index contributed by atoms with van der Waals surface area (Å²) in [6.07, 6.45) is 2.14. The first-order valence-electron chi connectivity index (χ1n) is 11.9. The molecule has 0 bridgehead atoms. The van der Waals surface area contributed by atoms with Crippen molar-refractivity contribution in [3.63, 3.8) is 0 Å². The highest BCUT2D eigenvalue weighted by atomic mass is 32.2. The highest BCUT2D eigenvalue weighted by Gasteiger charge is 2.33. The fourth-order valence-electron chi connectivity index (χ4n) is 3.73. The molecule has 2 aromatic carbocycles. The van der Waals surface area contributed by atoms with Crippen LogP contribution in [-0.2, 0) is 26.2 Å². The Morgan fingerprint density at radius 3 is 2.19 bits per heavy atom. The second-order valence-corrected chi connectivity index (χ2v) is 10.5. The maximum atomic E-state index is 13.7. The Hall–Kier alpha value is -3.27. The van der Waals surface area contributed by atoms with Crippen LogP contribution in [0, 0.1) is 0 Å². The van der Waals surface area contributed by atoms with Gasteiger partial charge in [-0.1, -0.05) is 44.2 Å². The largest absolute Gasteiger partial charge is 0.497 e. The van der Waals surface area contributed by atoms with Gasteiger partial charge >= 0.3 is 0 Å². The summed E-state index contributed by atoms with van der Waals surface area (Å²) in [5.74, 6) is -0.0602. The van der Waals surface area contributed by atoms with E-state index in [9.17, 15) is 18.0 Å². The van der Waals surface area contributed by atoms with Crippen molar-refractivity contribution >= 4 is 27.5 Å². The Labute approximate surface area is 214 Å². The Morgan fingerprint density at radius 1 is 1.00 bits per heavy atom. The second kappa shape index (κ2) is 13.2. The number of ether oxygens (including phenoxy) is 2. The lowest BCUT2D eigenvalue weighted by Crippen LogP contribution is -2.53. The number of nitrogens with one attached hydrogen (secondary N) is 1. The lowest BCUT2D eigenvalue weighted by molar-refractivity contribution is -0.140. The smallest absolute Gasteiger partial charge is 0.244 e. The number of methoxy groups -OCH3 is 2. The molecule has 0 saturated heterocycles. The lowest BCUT2D eigenvalue weighted by atomic mass is 10.1. The molecule has 36 heavy (non-hydrogen) atoms. The molecule has 0 spiro atoms. The molecule has 9 nitrogen and oxygen atoms in total. The summed E-state index contributed by atoms with van der Waals surface area (Å²) >= 11 is 0. The number of benzene rings is 2. The van der Waals surface area contributed by atoms with Gasteiger partial charge in [-0.3, -0.25) is 13.9 Å². The molecule has 0 saturated carbocycles. The minimum Gasteiger partial charge on any atom is -0.497 e. The van der Waals surface area contributed by atoms with E-state index in [1.165, 1.54) is 25.2 Å². The summed E-state index contributed by atoms with van der Waals surface area (Å²) in [5, 5.41) is 2.95.